The van der Waals surface area contributed by atoms with Gasteiger partial charge in [0, 0.05) is 5.56 Å². The Morgan fingerprint density at radius 2 is 2.14 bits per heavy atom. The van der Waals surface area contributed by atoms with Crippen molar-refractivity contribution in [1.29, 1.82) is 0 Å². The maximum absolute atomic E-state index is 11.9. The van der Waals surface area contributed by atoms with Gasteiger partial charge in [-0.3, -0.25) is 0 Å². The quantitative estimate of drug-likeness (QED) is 0.815. The molecule has 0 aliphatic heterocycles. The lowest BCUT2D eigenvalue weighted by Gasteiger charge is -2.09. The lowest BCUT2D eigenvalue weighted by Crippen LogP contribution is -2.04. The summed E-state index contributed by atoms with van der Waals surface area (Å²) >= 11 is 0. The summed E-state index contributed by atoms with van der Waals surface area (Å²) in [6.45, 7) is -2.23. The third kappa shape index (κ3) is 2.56. The molecule has 0 aliphatic carbocycles. The van der Waals surface area contributed by atoms with Crippen LogP contribution in [0.2, 0.25) is 0 Å². The van der Waals surface area contributed by atoms with Gasteiger partial charge >= 0.3 is 6.61 Å². The third-order valence-corrected chi connectivity index (χ3v) is 1.57. The molecule has 1 rings (SSSR count). The van der Waals surface area contributed by atoms with Gasteiger partial charge in [-0.05, 0) is 18.2 Å². The summed E-state index contributed by atoms with van der Waals surface area (Å²) in [6.07, 6.45) is 0. The SMILES string of the molecule is COc1ccc(OC(F)F)c([CH]O)c1. The number of hydrogen-bond acceptors (Lipinski definition) is 3. The topological polar surface area (TPSA) is 38.7 Å². The molecule has 0 aromatic heterocycles. The Kier molecular flexibility index (Phi) is 3.64. The van der Waals surface area contributed by atoms with Gasteiger partial charge < -0.3 is 14.6 Å². The van der Waals surface area contributed by atoms with E-state index in [1.54, 1.807) is 0 Å². The Morgan fingerprint density at radius 3 is 2.64 bits per heavy atom. The second-order valence-corrected chi connectivity index (χ2v) is 2.41. The zero-order valence-electron chi connectivity index (χ0n) is 7.41. The highest BCUT2D eigenvalue weighted by Gasteiger charge is 2.10. The van der Waals surface area contributed by atoms with E-state index in [4.69, 9.17) is 9.84 Å². The van der Waals surface area contributed by atoms with Crippen LogP contribution in [-0.4, -0.2) is 18.8 Å². The van der Waals surface area contributed by atoms with Crippen molar-refractivity contribution >= 4 is 0 Å². The first-order valence-electron chi connectivity index (χ1n) is 3.77. The molecule has 0 fully saturated rings. The number of hydrogen-bond donors (Lipinski definition) is 1. The van der Waals surface area contributed by atoms with E-state index in [1.165, 1.54) is 25.3 Å². The molecule has 14 heavy (non-hydrogen) atoms. The lowest BCUT2D eigenvalue weighted by atomic mass is 10.2. The summed E-state index contributed by atoms with van der Waals surface area (Å²) in [5, 5.41) is 8.75. The fraction of sp³-hybridized carbons (Fsp3) is 0.222. The second kappa shape index (κ2) is 4.76. The minimum atomic E-state index is -2.91. The van der Waals surface area contributed by atoms with Crippen molar-refractivity contribution in [2.24, 2.45) is 0 Å². The van der Waals surface area contributed by atoms with E-state index in [9.17, 15) is 8.78 Å². The number of aliphatic hydroxyl groups excluding tert-OH is 1. The van der Waals surface area contributed by atoms with Crippen molar-refractivity contribution in [1.82, 2.24) is 0 Å². The van der Waals surface area contributed by atoms with Crippen molar-refractivity contribution in [2.75, 3.05) is 7.11 Å². The molecule has 1 N–H and O–H groups in total. The Labute approximate surface area is 79.9 Å². The van der Waals surface area contributed by atoms with Crippen LogP contribution in [0.15, 0.2) is 18.2 Å². The number of alkyl halides is 2. The van der Waals surface area contributed by atoms with Crippen LogP contribution in [0.25, 0.3) is 0 Å². The van der Waals surface area contributed by atoms with Gasteiger partial charge in [0.05, 0.1) is 7.11 Å². The first-order chi connectivity index (χ1) is 6.67. The second-order valence-electron chi connectivity index (χ2n) is 2.41. The summed E-state index contributed by atoms with van der Waals surface area (Å²) < 4.78 is 32.7. The fourth-order valence-electron chi connectivity index (χ4n) is 0.958. The molecule has 0 spiro atoms. The molecule has 5 heteroatoms. The zero-order chi connectivity index (χ0) is 10.6. The van der Waals surface area contributed by atoms with Crippen LogP contribution in [0.3, 0.4) is 0 Å². The van der Waals surface area contributed by atoms with E-state index >= 15 is 0 Å². The van der Waals surface area contributed by atoms with Crippen LogP contribution in [0.1, 0.15) is 5.56 Å². The maximum Gasteiger partial charge on any atom is 0.387 e. The number of aliphatic hydroxyl groups is 1. The van der Waals surface area contributed by atoms with Gasteiger partial charge in [-0.1, -0.05) is 0 Å². The molecule has 1 aromatic rings. The highest BCUT2D eigenvalue weighted by Crippen LogP contribution is 2.26. The number of methoxy groups -OCH3 is 1. The molecule has 0 atom stereocenters. The first-order valence-corrected chi connectivity index (χ1v) is 3.77. The van der Waals surface area contributed by atoms with Gasteiger partial charge in [-0.2, -0.15) is 8.78 Å². The van der Waals surface area contributed by atoms with Crippen LogP contribution in [0.4, 0.5) is 8.78 Å². The molecule has 0 bridgehead atoms. The fourth-order valence-corrected chi connectivity index (χ4v) is 0.958. The highest BCUT2D eigenvalue weighted by atomic mass is 19.3. The van der Waals surface area contributed by atoms with Crippen LogP contribution in [0.5, 0.6) is 11.5 Å². The van der Waals surface area contributed by atoms with E-state index < -0.39 is 6.61 Å². The molecule has 77 valence electrons. The van der Waals surface area contributed by atoms with Crippen LogP contribution in [0, 0.1) is 6.61 Å². The summed E-state index contributed by atoms with van der Waals surface area (Å²) in [5.41, 5.74) is 0.143. The van der Waals surface area contributed by atoms with Gasteiger partial charge in [0.2, 0.25) is 0 Å². The Balaban J connectivity index is 2.93. The first kappa shape index (κ1) is 10.7. The predicted molar refractivity (Wildman–Crippen MR) is 45.0 cm³/mol. The van der Waals surface area contributed by atoms with Crippen molar-refractivity contribution in [3.63, 3.8) is 0 Å². The molecular weight excluding hydrogens is 194 g/mol. The molecular formula is C9H9F2O3. The van der Waals surface area contributed by atoms with Crippen molar-refractivity contribution < 1.29 is 23.4 Å². The predicted octanol–water partition coefficient (Wildman–Crippen LogP) is 2.18. The van der Waals surface area contributed by atoms with Crippen LogP contribution in [-0.2, 0) is 0 Å². The zero-order valence-corrected chi connectivity index (χ0v) is 7.41. The van der Waals surface area contributed by atoms with E-state index in [2.05, 4.69) is 4.74 Å². The number of ether oxygens (including phenoxy) is 2. The van der Waals surface area contributed by atoms with Crippen LogP contribution < -0.4 is 9.47 Å². The summed E-state index contributed by atoms with van der Waals surface area (Å²) in [6, 6.07) is 4.15. The monoisotopic (exact) mass is 203 g/mol. The van der Waals surface area contributed by atoms with Gasteiger partial charge in [0.25, 0.3) is 0 Å². The van der Waals surface area contributed by atoms with E-state index in [-0.39, 0.29) is 11.3 Å². The molecule has 0 unspecified atom stereocenters. The van der Waals surface area contributed by atoms with E-state index in [0.29, 0.717) is 12.4 Å². The summed E-state index contributed by atoms with van der Waals surface area (Å²) in [4.78, 5) is 0. The van der Waals surface area contributed by atoms with Crippen molar-refractivity contribution in [3.05, 3.63) is 30.4 Å². The molecule has 0 amide bonds. The third-order valence-electron chi connectivity index (χ3n) is 1.57. The smallest absolute Gasteiger partial charge is 0.387 e. The van der Waals surface area contributed by atoms with Crippen LogP contribution >= 0.6 is 0 Å². The average molecular weight is 203 g/mol. The van der Waals surface area contributed by atoms with Crippen molar-refractivity contribution in [2.45, 2.75) is 6.61 Å². The molecule has 0 aliphatic rings. The maximum atomic E-state index is 11.9. The van der Waals surface area contributed by atoms with Crippen molar-refractivity contribution in [3.8, 4) is 11.5 Å². The Bertz CT molecular complexity index is 302. The van der Waals surface area contributed by atoms with Gasteiger partial charge in [-0.25, -0.2) is 0 Å². The number of halogens is 2. The summed E-state index contributed by atoms with van der Waals surface area (Å²) in [7, 11) is 1.43. The standard InChI is InChI=1S/C9H9F2O3/c1-13-7-2-3-8(14-9(10)11)6(4-7)5-12/h2-5,9,12H,1H3. The lowest BCUT2D eigenvalue weighted by molar-refractivity contribution is -0.0504. The molecule has 0 saturated carbocycles. The number of rotatable bonds is 4. The Hall–Kier alpha value is -1.36. The van der Waals surface area contributed by atoms with Gasteiger partial charge in [-0.15, -0.1) is 0 Å². The Morgan fingerprint density at radius 1 is 1.43 bits per heavy atom. The molecule has 1 radical (unpaired) electrons. The molecule has 0 saturated heterocycles. The van der Waals surface area contributed by atoms with Gasteiger partial charge in [0.1, 0.15) is 18.1 Å². The largest absolute Gasteiger partial charge is 0.497 e. The summed E-state index contributed by atoms with van der Waals surface area (Å²) in [5.74, 6) is 0.357. The number of benzene rings is 1. The minimum absolute atomic E-state index is 0.0942. The van der Waals surface area contributed by atoms with E-state index in [1.807, 2.05) is 0 Å². The van der Waals surface area contributed by atoms with Gasteiger partial charge in [0.15, 0.2) is 0 Å². The minimum Gasteiger partial charge on any atom is -0.497 e. The molecule has 1 aromatic carbocycles. The van der Waals surface area contributed by atoms with E-state index in [0.717, 1.165) is 0 Å². The molecule has 0 heterocycles. The highest BCUT2D eigenvalue weighted by molar-refractivity contribution is 5.43. The normalized spacial score (nSPS) is 10.4. The average Bonchev–Trinajstić information content (AvgIpc) is 2.17. The molecule has 3 nitrogen and oxygen atoms in total.